The van der Waals surface area contributed by atoms with Crippen LogP contribution in [-0.2, 0) is 23.1 Å². The average Bonchev–Trinajstić information content (AvgIpc) is 2.89. The lowest BCUT2D eigenvalue weighted by Crippen LogP contribution is -2.50. The second kappa shape index (κ2) is 6.44. The van der Waals surface area contributed by atoms with Gasteiger partial charge in [0.05, 0.1) is 0 Å². The fourth-order valence-electron chi connectivity index (χ4n) is 3.54. The number of hydrogen-bond acceptors (Lipinski definition) is 2. The van der Waals surface area contributed by atoms with E-state index in [0.29, 0.717) is 25.8 Å². The van der Waals surface area contributed by atoms with E-state index < -0.39 is 6.04 Å². The van der Waals surface area contributed by atoms with Gasteiger partial charge in [-0.3, -0.25) is 9.59 Å². The molecule has 1 saturated heterocycles. The number of likely N-dealkylation sites (tertiary alicyclic amines) is 1. The predicted molar refractivity (Wildman–Crippen MR) is 89.8 cm³/mol. The van der Waals surface area contributed by atoms with E-state index in [-0.39, 0.29) is 11.8 Å². The molecule has 2 aromatic rings. The van der Waals surface area contributed by atoms with Crippen molar-refractivity contribution in [1.29, 1.82) is 0 Å². The van der Waals surface area contributed by atoms with Crippen molar-refractivity contribution in [1.82, 2.24) is 9.47 Å². The molecule has 1 aliphatic rings. The number of nitrogens with zero attached hydrogens (tertiary/aromatic N) is 2. The van der Waals surface area contributed by atoms with E-state index in [1.165, 1.54) is 16.5 Å². The molecule has 1 aromatic heterocycles. The Bertz CT molecular complexity index is 735. The van der Waals surface area contributed by atoms with E-state index >= 15 is 0 Å². The van der Waals surface area contributed by atoms with E-state index in [9.17, 15) is 9.59 Å². The van der Waals surface area contributed by atoms with Gasteiger partial charge in [0.2, 0.25) is 11.8 Å². The Kier molecular flexibility index (Phi) is 4.37. The Labute approximate surface area is 136 Å². The minimum absolute atomic E-state index is 0.0291. The summed E-state index contributed by atoms with van der Waals surface area (Å²) < 4.78 is 2.09. The summed E-state index contributed by atoms with van der Waals surface area (Å²) in [6.07, 6.45) is 5.78. The summed E-state index contributed by atoms with van der Waals surface area (Å²) in [4.78, 5) is 25.8. The monoisotopic (exact) mass is 313 g/mol. The molecular weight excluding hydrogens is 290 g/mol. The maximum atomic E-state index is 12.5. The minimum Gasteiger partial charge on any atom is -0.368 e. The molecule has 122 valence electrons. The quantitative estimate of drug-likeness (QED) is 0.937. The Hall–Kier alpha value is -2.30. The summed E-state index contributed by atoms with van der Waals surface area (Å²) in [6.45, 7) is 0.641. The van der Waals surface area contributed by atoms with Gasteiger partial charge >= 0.3 is 0 Å². The molecular formula is C18H23N3O2. The molecule has 0 radical (unpaired) electrons. The zero-order valence-corrected chi connectivity index (χ0v) is 13.5. The molecule has 1 atom stereocenters. The number of aryl methyl sites for hydroxylation is 2. The van der Waals surface area contributed by atoms with Gasteiger partial charge in [-0.05, 0) is 37.3 Å². The summed E-state index contributed by atoms with van der Waals surface area (Å²) in [6, 6.07) is 7.77. The van der Waals surface area contributed by atoms with Crippen molar-refractivity contribution in [3.63, 3.8) is 0 Å². The standard InChI is InChI=1S/C18H23N3O2/c1-20-12-13(14-6-2-3-7-15(14)20)9-10-17(22)21-11-5-4-8-16(21)18(19)23/h2-3,6-7,12,16H,4-5,8-11H2,1H3,(H2,19,23). The number of fused-ring (bicyclic) bond motifs is 1. The van der Waals surface area contributed by atoms with Gasteiger partial charge in [-0.15, -0.1) is 0 Å². The van der Waals surface area contributed by atoms with Crippen LogP contribution in [-0.4, -0.2) is 33.9 Å². The number of carbonyl (C=O) groups excluding carboxylic acids is 2. The van der Waals surface area contributed by atoms with Crippen LogP contribution in [0, 0.1) is 0 Å². The van der Waals surface area contributed by atoms with Crippen LogP contribution in [0.25, 0.3) is 10.9 Å². The summed E-state index contributed by atoms with van der Waals surface area (Å²) in [5, 5.41) is 1.19. The van der Waals surface area contributed by atoms with Crippen LogP contribution in [0.2, 0.25) is 0 Å². The lowest BCUT2D eigenvalue weighted by Gasteiger charge is -2.33. The molecule has 5 heteroatoms. The fraction of sp³-hybridized carbons (Fsp3) is 0.444. The number of hydrogen-bond donors (Lipinski definition) is 1. The molecule has 0 aliphatic carbocycles. The topological polar surface area (TPSA) is 68.3 Å². The number of nitrogens with two attached hydrogens (primary N) is 1. The third-order valence-electron chi connectivity index (χ3n) is 4.74. The van der Waals surface area contributed by atoms with E-state index in [0.717, 1.165) is 12.8 Å². The highest BCUT2D eigenvalue weighted by molar-refractivity contribution is 5.88. The van der Waals surface area contributed by atoms with Crippen molar-refractivity contribution >= 4 is 22.7 Å². The molecule has 0 saturated carbocycles. The number of primary amides is 1. The SMILES string of the molecule is Cn1cc(CCC(=O)N2CCCCC2C(N)=O)c2ccccc21. The molecule has 2 heterocycles. The number of rotatable bonds is 4. The number of benzene rings is 1. The van der Waals surface area contributed by atoms with E-state index in [4.69, 9.17) is 5.73 Å². The third-order valence-corrected chi connectivity index (χ3v) is 4.74. The predicted octanol–water partition coefficient (Wildman–Crippen LogP) is 1.98. The molecule has 2 amide bonds. The van der Waals surface area contributed by atoms with Crippen LogP contribution in [0.5, 0.6) is 0 Å². The first-order valence-electron chi connectivity index (χ1n) is 8.19. The van der Waals surface area contributed by atoms with Crippen LogP contribution in [0.3, 0.4) is 0 Å². The second-order valence-corrected chi connectivity index (χ2v) is 6.28. The van der Waals surface area contributed by atoms with E-state index in [1.807, 2.05) is 19.2 Å². The molecule has 1 aromatic carbocycles. The summed E-state index contributed by atoms with van der Waals surface area (Å²) in [5.41, 5.74) is 7.78. The zero-order valence-electron chi connectivity index (χ0n) is 13.5. The summed E-state index contributed by atoms with van der Waals surface area (Å²) in [5.74, 6) is -0.357. The van der Waals surface area contributed by atoms with Crippen LogP contribution in [0.1, 0.15) is 31.2 Å². The van der Waals surface area contributed by atoms with E-state index in [1.54, 1.807) is 4.90 Å². The fourth-order valence-corrected chi connectivity index (χ4v) is 3.54. The van der Waals surface area contributed by atoms with Gasteiger partial charge < -0.3 is 15.2 Å². The Balaban J connectivity index is 1.71. The Morgan fingerprint density at radius 2 is 2.04 bits per heavy atom. The van der Waals surface area contributed by atoms with Gasteiger partial charge in [-0.25, -0.2) is 0 Å². The number of aromatic nitrogens is 1. The third kappa shape index (κ3) is 3.09. The van der Waals surface area contributed by atoms with Crippen molar-refractivity contribution in [3.05, 3.63) is 36.0 Å². The molecule has 1 unspecified atom stereocenters. The highest BCUT2D eigenvalue weighted by Gasteiger charge is 2.30. The first kappa shape index (κ1) is 15.6. The van der Waals surface area contributed by atoms with Crippen LogP contribution >= 0.6 is 0 Å². The second-order valence-electron chi connectivity index (χ2n) is 6.28. The first-order valence-corrected chi connectivity index (χ1v) is 8.19. The number of carbonyl (C=O) groups is 2. The van der Waals surface area contributed by atoms with Gasteiger partial charge in [0.25, 0.3) is 0 Å². The normalized spacial score (nSPS) is 18.3. The van der Waals surface area contributed by atoms with Gasteiger partial charge in [-0.2, -0.15) is 0 Å². The largest absolute Gasteiger partial charge is 0.368 e. The maximum Gasteiger partial charge on any atom is 0.240 e. The van der Waals surface area contributed by atoms with Crippen molar-refractivity contribution < 1.29 is 9.59 Å². The first-order chi connectivity index (χ1) is 11.1. The smallest absolute Gasteiger partial charge is 0.240 e. The molecule has 0 bridgehead atoms. The zero-order chi connectivity index (χ0) is 16.4. The Morgan fingerprint density at radius 1 is 1.26 bits per heavy atom. The van der Waals surface area contributed by atoms with Gasteiger partial charge in [-0.1, -0.05) is 18.2 Å². The minimum atomic E-state index is -0.427. The van der Waals surface area contributed by atoms with Crippen LogP contribution in [0.4, 0.5) is 0 Å². The summed E-state index contributed by atoms with van der Waals surface area (Å²) >= 11 is 0. The Morgan fingerprint density at radius 3 is 2.83 bits per heavy atom. The highest BCUT2D eigenvalue weighted by atomic mass is 16.2. The maximum absolute atomic E-state index is 12.5. The van der Waals surface area contributed by atoms with Crippen molar-refractivity contribution in [2.45, 2.75) is 38.1 Å². The van der Waals surface area contributed by atoms with E-state index in [2.05, 4.69) is 22.9 Å². The molecule has 2 N–H and O–H groups in total. The van der Waals surface area contributed by atoms with Crippen LogP contribution in [0.15, 0.2) is 30.5 Å². The lowest BCUT2D eigenvalue weighted by molar-refractivity contribution is -0.141. The molecule has 23 heavy (non-hydrogen) atoms. The van der Waals surface area contributed by atoms with Gasteiger partial charge in [0, 0.05) is 37.1 Å². The molecule has 3 rings (SSSR count). The number of amides is 2. The van der Waals surface area contributed by atoms with Gasteiger partial charge in [0.15, 0.2) is 0 Å². The van der Waals surface area contributed by atoms with Crippen molar-refractivity contribution in [3.8, 4) is 0 Å². The lowest BCUT2D eigenvalue weighted by atomic mass is 10.00. The molecule has 1 aliphatic heterocycles. The molecule has 1 fully saturated rings. The van der Waals surface area contributed by atoms with Gasteiger partial charge in [0.1, 0.15) is 6.04 Å². The average molecular weight is 313 g/mol. The van der Waals surface area contributed by atoms with Crippen molar-refractivity contribution in [2.75, 3.05) is 6.54 Å². The summed E-state index contributed by atoms with van der Waals surface area (Å²) in [7, 11) is 2.02. The molecule has 5 nitrogen and oxygen atoms in total. The van der Waals surface area contributed by atoms with Crippen molar-refractivity contribution in [2.24, 2.45) is 12.8 Å². The number of para-hydroxylation sites is 1. The van der Waals surface area contributed by atoms with Crippen LogP contribution < -0.4 is 5.73 Å². The number of piperidine rings is 1. The molecule has 0 spiro atoms. The highest BCUT2D eigenvalue weighted by Crippen LogP contribution is 2.23.